The van der Waals surface area contributed by atoms with Gasteiger partial charge in [0.15, 0.2) is 0 Å². The van der Waals surface area contributed by atoms with Gasteiger partial charge in [0, 0.05) is 52.5 Å². The monoisotopic (exact) mass is 388 g/mol. The molecule has 1 fully saturated rings. The van der Waals surface area contributed by atoms with Crippen LogP contribution in [-0.2, 0) is 22.3 Å². The molecule has 1 aliphatic heterocycles. The number of halogens is 3. The van der Waals surface area contributed by atoms with Gasteiger partial charge in [-0.05, 0) is 12.5 Å². The molecule has 0 unspecified atom stereocenters. The number of hydrogen-bond donors (Lipinski definition) is 0. The van der Waals surface area contributed by atoms with Crippen molar-refractivity contribution in [3.8, 4) is 0 Å². The van der Waals surface area contributed by atoms with Crippen LogP contribution in [0.5, 0.6) is 0 Å². The SMILES string of the molecule is CN(C)C(=O)CN1CCCN(C(=O)Cn2cc(C(F)(F)F)ccc2=O)CC1. The molecule has 150 valence electrons. The molecule has 1 saturated heterocycles. The zero-order valence-corrected chi connectivity index (χ0v) is 15.3. The number of rotatable bonds is 4. The zero-order chi connectivity index (χ0) is 20.2. The van der Waals surface area contributed by atoms with Crippen molar-refractivity contribution in [1.82, 2.24) is 19.3 Å². The fourth-order valence-corrected chi connectivity index (χ4v) is 2.78. The highest BCUT2D eigenvalue weighted by Gasteiger charge is 2.31. The summed E-state index contributed by atoms with van der Waals surface area (Å²) in [5, 5.41) is 0. The van der Waals surface area contributed by atoms with Gasteiger partial charge in [0.1, 0.15) is 6.54 Å². The number of carbonyl (C=O) groups is 2. The number of alkyl halides is 3. The summed E-state index contributed by atoms with van der Waals surface area (Å²) in [6, 6.07) is 1.52. The molecule has 0 bridgehead atoms. The van der Waals surface area contributed by atoms with E-state index in [0.717, 1.165) is 10.6 Å². The van der Waals surface area contributed by atoms with E-state index >= 15 is 0 Å². The maximum atomic E-state index is 12.8. The molecule has 0 saturated carbocycles. The van der Waals surface area contributed by atoms with Crippen LogP contribution in [0.1, 0.15) is 12.0 Å². The van der Waals surface area contributed by atoms with Crippen LogP contribution < -0.4 is 5.56 Å². The summed E-state index contributed by atoms with van der Waals surface area (Å²) in [4.78, 5) is 41.0. The highest BCUT2D eigenvalue weighted by molar-refractivity contribution is 5.78. The first-order valence-electron chi connectivity index (χ1n) is 8.56. The van der Waals surface area contributed by atoms with Crippen LogP contribution in [-0.4, -0.2) is 77.9 Å². The lowest BCUT2D eigenvalue weighted by Crippen LogP contribution is -2.41. The van der Waals surface area contributed by atoms with Crippen molar-refractivity contribution in [2.75, 3.05) is 46.8 Å². The number of hydrogen-bond acceptors (Lipinski definition) is 4. The predicted molar refractivity (Wildman–Crippen MR) is 92.0 cm³/mol. The summed E-state index contributed by atoms with van der Waals surface area (Å²) in [5.41, 5.74) is -1.64. The predicted octanol–water partition coefficient (Wildman–Crippen LogP) is 0.490. The van der Waals surface area contributed by atoms with Crippen LogP contribution in [0.25, 0.3) is 0 Å². The Morgan fingerprint density at radius 1 is 1.07 bits per heavy atom. The van der Waals surface area contributed by atoms with E-state index in [9.17, 15) is 27.6 Å². The molecule has 0 aliphatic carbocycles. The fraction of sp³-hybridized carbons (Fsp3) is 0.588. The van der Waals surface area contributed by atoms with Gasteiger partial charge in [-0.25, -0.2) is 0 Å². The lowest BCUT2D eigenvalue weighted by atomic mass is 10.2. The number of likely N-dealkylation sites (N-methyl/N-ethyl adjacent to an activating group) is 1. The minimum absolute atomic E-state index is 0.0368. The average molecular weight is 388 g/mol. The Morgan fingerprint density at radius 2 is 1.78 bits per heavy atom. The molecular weight excluding hydrogens is 365 g/mol. The van der Waals surface area contributed by atoms with Crippen LogP contribution in [0, 0.1) is 0 Å². The molecule has 2 rings (SSSR count). The van der Waals surface area contributed by atoms with Gasteiger partial charge in [0.05, 0.1) is 12.1 Å². The van der Waals surface area contributed by atoms with E-state index in [1.54, 1.807) is 14.1 Å². The minimum Gasteiger partial charge on any atom is -0.348 e. The molecule has 27 heavy (non-hydrogen) atoms. The molecule has 10 heteroatoms. The third kappa shape index (κ3) is 5.81. The topological polar surface area (TPSA) is 65.9 Å². The van der Waals surface area contributed by atoms with Crippen LogP contribution >= 0.6 is 0 Å². The molecule has 7 nitrogen and oxygen atoms in total. The molecule has 2 amide bonds. The number of nitrogens with zero attached hydrogens (tertiary/aromatic N) is 4. The Bertz CT molecular complexity index is 746. The molecular formula is C17H23F3N4O3. The Kier molecular flexibility index (Phi) is 6.63. The van der Waals surface area contributed by atoms with Crippen molar-refractivity contribution >= 4 is 11.8 Å². The molecule has 0 aromatic carbocycles. The average Bonchev–Trinajstić information content (AvgIpc) is 2.81. The van der Waals surface area contributed by atoms with Gasteiger partial charge >= 0.3 is 6.18 Å². The second kappa shape index (κ2) is 8.55. The summed E-state index contributed by atoms with van der Waals surface area (Å²) < 4.78 is 39.2. The summed E-state index contributed by atoms with van der Waals surface area (Å²) >= 11 is 0. The molecule has 0 N–H and O–H groups in total. The highest BCUT2D eigenvalue weighted by Crippen LogP contribution is 2.28. The van der Waals surface area contributed by atoms with Gasteiger partial charge in [0.25, 0.3) is 5.56 Å². The van der Waals surface area contributed by atoms with E-state index in [1.807, 2.05) is 4.90 Å². The van der Waals surface area contributed by atoms with Gasteiger partial charge in [-0.1, -0.05) is 0 Å². The summed E-state index contributed by atoms with van der Waals surface area (Å²) in [5.74, 6) is -0.456. The third-order valence-corrected chi connectivity index (χ3v) is 4.42. The van der Waals surface area contributed by atoms with E-state index in [2.05, 4.69) is 0 Å². The summed E-state index contributed by atoms with van der Waals surface area (Å²) in [7, 11) is 3.34. The van der Waals surface area contributed by atoms with Gasteiger partial charge in [-0.2, -0.15) is 13.2 Å². The normalized spacial score (nSPS) is 16.1. The smallest absolute Gasteiger partial charge is 0.348 e. The Hall–Kier alpha value is -2.36. The van der Waals surface area contributed by atoms with Crippen LogP contribution in [0.15, 0.2) is 23.1 Å². The van der Waals surface area contributed by atoms with Crippen molar-refractivity contribution in [1.29, 1.82) is 0 Å². The van der Waals surface area contributed by atoms with Crippen molar-refractivity contribution in [3.05, 3.63) is 34.2 Å². The Labute approximate surface area is 154 Å². The molecule has 0 radical (unpaired) electrons. The summed E-state index contributed by atoms with van der Waals surface area (Å²) in [6.07, 6.45) is -3.27. The first-order valence-corrected chi connectivity index (χ1v) is 8.56. The van der Waals surface area contributed by atoms with Crippen molar-refractivity contribution in [2.45, 2.75) is 19.1 Å². The fourth-order valence-electron chi connectivity index (χ4n) is 2.78. The first kappa shape index (κ1) is 20.9. The standard InChI is InChI=1S/C17H23F3N4O3/c1-21(2)15(26)11-22-6-3-7-23(9-8-22)16(27)12-24-10-13(17(18,19)20)4-5-14(24)25/h4-5,10H,3,6-9,11-12H2,1-2H3. The molecule has 1 aliphatic rings. The lowest BCUT2D eigenvalue weighted by molar-refractivity contribution is -0.138. The van der Waals surface area contributed by atoms with E-state index in [1.165, 1.54) is 9.80 Å². The number of carbonyl (C=O) groups excluding carboxylic acids is 2. The quantitative estimate of drug-likeness (QED) is 0.753. The lowest BCUT2D eigenvalue weighted by Gasteiger charge is -2.23. The van der Waals surface area contributed by atoms with Crippen molar-refractivity contribution in [3.63, 3.8) is 0 Å². The van der Waals surface area contributed by atoms with E-state index in [0.29, 0.717) is 44.9 Å². The number of amides is 2. The number of aromatic nitrogens is 1. The van der Waals surface area contributed by atoms with Crippen molar-refractivity contribution in [2.24, 2.45) is 0 Å². The molecule has 0 atom stereocenters. The minimum atomic E-state index is -4.58. The van der Waals surface area contributed by atoms with Gasteiger partial charge in [-0.15, -0.1) is 0 Å². The second-order valence-corrected chi connectivity index (χ2v) is 6.68. The van der Waals surface area contributed by atoms with Crippen LogP contribution in [0.3, 0.4) is 0 Å². The molecule has 2 heterocycles. The van der Waals surface area contributed by atoms with Crippen molar-refractivity contribution < 1.29 is 22.8 Å². The second-order valence-electron chi connectivity index (χ2n) is 6.68. The Balaban J connectivity index is 2.01. The van der Waals surface area contributed by atoms with Gasteiger partial charge in [0.2, 0.25) is 11.8 Å². The van der Waals surface area contributed by atoms with E-state index < -0.39 is 29.8 Å². The van der Waals surface area contributed by atoms with Crippen LogP contribution in [0.4, 0.5) is 13.2 Å². The third-order valence-electron chi connectivity index (χ3n) is 4.42. The van der Waals surface area contributed by atoms with E-state index in [-0.39, 0.29) is 12.5 Å². The van der Waals surface area contributed by atoms with Gasteiger partial charge in [-0.3, -0.25) is 19.3 Å². The highest BCUT2D eigenvalue weighted by atomic mass is 19.4. The van der Waals surface area contributed by atoms with Gasteiger partial charge < -0.3 is 14.4 Å². The molecule has 0 spiro atoms. The number of pyridine rings is 1. The molecule has 1 aromatic rings. The first-order chi connectivity index (χ1) is 12.6. The maximum absolute atomic E-state index is 12.8. The van der Waals surface area contributed by atoms with E-state index in [4.69, 9.17) is 0 Å². The summed E-state index contributed by atoms with van der Waals surface area (Å²) in [6.45, 7) is 1.73. The molecule has 1 aromatic heterocycles. The van der Waals surface area contributed by atoms with Crippen LogP contribution in [0.2, 0.25) is 0 Å². The maximum Gasteiger partial charge on any atom is 0.417 e. The largest absolute Gasteiger partial charge is 0.417 e. The zero-order valence-electron chi connectivity index (χ0n) is 15.3. The Morgan fingerprint density at radius 3 is 2.41 bits per heavy atom.